The van der Waals surface area contributed by atoms with Crippen molar-refractivity contribution in [2.45, 2.75) is 13.0 Å². The summed E-state index contributed by atoms with van der Waals surface area (Å²) in [5.41, 5.74) is 8.70. The Balaban J connectivity index is 1.45. The summed E-state index contributed by atoms with van der Waals surface area (Å²) in [4.78, 5) is 15.9. The van der Waals surface area contributed by atoms with Crippen molar-refractivity contribution in [1.29, 1.82) is 0 Å². The number of carbonyl (C=O) groups excluding carboxylic acids is 1. The molecule has 1 aromatic heterocycles. The van der Waals surface area contributed by atoms with Gasteiger partial charge in [-0.1, -0.05) is 47.7 Å². The molecule has 118 valence electrons. The lowest BCUT2D eigenvalue weighted by molar-refractivity contribution is 0.140. The number of nitrogens with two attached hydrogens (primary N) is 1. The van der Waals surface area contributed by atoms with Crippen molar-refractivity contribution < 1.29 is 9.53 Å². The Labute approximate surface area is 138 Å². The molecule has 1 amide bonds. The van der Waals surface area contributed by atoms with Crippen molar-refractivity contribution in [3.05, 3.63) is 59.7 Å². The second-order valence-corrected chi connectivity index (χ2v) is 6.15. The fourth-order valence-corrected chi connectivity index (χ4v) is 3.02. The predicted molar refractivity (Wildman–Crippen MR) is 92.4 cm³/mol. The highest BCUT2D eigenvalue weighted by molar-refractivity contribution is 7.22. The van der Waals surface area contributed by atoms with E-state index in [-0.39, 0.29) is 6.61 Å². The van der Waals surface area contributed by atoms with Crippen LogP contribution < -0.4 is 11.1 Å². The average molecular weight is 327 g/mol. The van der Waals surface area contributed by atoms with Gasteiger partial charge in [0.1, 0.15) is 6.61 Å². The number of nitrogens with zero attached hydrogens (tertiary/aromatic N) is 1. The highest BCUT2D eigenvalue weighted by Gasteiger charge is 2.04. The Hall–Kier alpha value is -2.60. The van der Waals surface area contributed by atoms with Crippen LogP contribution in [0.3, 0.4) is 0 Å². The first-order valence-electron chi connectivity index (χ1n) is 7.30. The van der Waals surface area contributed by atoms with Gasteiger partial charge in [0.2, 0.25) is 0 Å². The van der Waals surface area contributed by atoms with E-state index in [2.05, 4.69) is 16.4 Å². The summed E-state index contributed by atoms with van der Waals surface area (Å²) in [5, 5.41) is 3.33. The van der Waals surface area contributed by atoms with Crippen LogP contribution in [0.1, 0.15) is 11.1 Å². The van der Waals surface area contributed by atoms with E-state index in [4.69, 9.17) is 10.5 Å². The Morgan fingerprint density at radius 3 is 2.83 bits per heavy atom. The van der Waals surface area contributed by atoms with Gasteiger partial charge in [0.25, 0.3) is 0 Å². The number of benzene rings is 2. The molecular formula is C17H17N3O2S. The Bertz CT molecular complexity index is 802. The molecule has 0 bridgehead atoms. The molecule has 6 heteroatoms. The number of hydrogen-bond acceptors (Lipinski definition) is 5. The quantitative estimate of drug-likeness (QED) is 0.753. The van der Waals surface area contributed by atoms with E-state index in [9.17, 15) is 4.79 Å². The smallest absolute Gasteiger partial charge is 0.407 e. The number of nitrogen functional groups attached to an aromatic ring is 1. The summed E-state index contributed by atoms with van der Waals surface area (Å²) in [5.74, 6) is 0. The van der Waals surface area contributed by atoms with Crippen LogP contribution in [0.2, 0.25) is 0 Å². The SMILES string of the molecule is Nc1nc2ccc(CCNC(=O)OCc3ccccc3)cc2s1. The molecule has 0 saturated carbocycles. The maximum absolute atomic E-state index is 11.7. The number of nitrogens with one attached hydrogen (secondary N) is 1. The highest BCUT2D eigenvalue weighted by Crippen LogP contribution is 2.24. The van der Waals surface area contributed by atoms with E-state index >= 15 is 0 Å². The third-order valence-electron chi connectivity index (χ3n) is 3.37. The number of thiazole rings is 1. The summed E-state index contributed by atoms with van der Waals surface area (Å²) in [6.45, 7) is 0.798. The number of rotatable bonds is 5. The van der Waals surface area contributed by atoms with Crippen molar-refractivity contribution in [1.82, 2.24) is 10.3 Å². The summed E-state index contributed by atoms with van der Waals surface area (Å²) >= 11 is 1.47. The average Bonchev–Trinajstić information content (AvgIpc) is 2.93. The van der Waals surface area contributed by atoms with Crippen LogP contribution in [-0.4, -0.2) is 17.6 Å². The van der Waals surface area contributed by atoms with E-state index in [1.807, 2.05) is 42.5 Å². The fraction of sp³-hybridized carbons (Fsp3) is 0.176. The van der Waals surface area contributed by atoms with Crippen LogP contribution in [0.5, 0.6) is 0 Å². The van der Waals surface area contributed by atoms with Crippen LogP contribution in [0, 0.1) is 0 Å². The van der Waals surface area contributed by atoms with Crippen molar-refractivity contribution in [3.8, 4) is 0 Å². The molecule has 0 fully saturated rings. The Morgan fingerprint density at radius 1 is 1.17 bits per heavy atom. The lowest BCUT2D eigenvalue weighted by Crippen LogP contribution is -2.26. The van der Waals surface area contributed by atoms with Gasteiger partial charge in [-0.05, 0) is 29.7 Å². The molecule has 3 aromatic rings. The number of carbonyl (C=O) groups is 1. The second kappa shape index (κ2) is 7.11. The zero-order valence-corrected chi connectivity index (χ0v) is 13.3. The zero-order chi connectivity index (χ0) is 16.1. The van der Waals surface area contributed by atoms with Gasteiger partial charge in [-0.15, -0.1) is 0 Å². The third-order valence-corrected chi connectivity index (χ3v) is 4.21. The van der Waals surface area contributed by atoms with Gasteiger partial charge in [-0.3, -0.25) is 0 Å². The number of amides is 1. The van der Waals surface area contributed by atoms with Gasteiger partial charge >= 0.3 is 6.09 Å². The molecule has 5 nitrogen and oxygen atoms in total. The lowest BCUT2D eigenvalue weighted by atomic mass is 10.1. The maximum Gasteiger partial charge on any atom is 0.407 e. The van der Waals surface area contributed by atoms with E-state index in [1.54, 1.807) is 0 Å². The fourth-order valence-electron chi connectivity index (χ4n) is 2.23. The molecule has 1 heterocycles. The first kappa shape index (κ1) is 15.3. The van der Waals surface area contributed by atoms with Gasteiger partial charge in [-0.25, -0.2) is 9.78 Å². The second-order valence-electron chi connectivity index (χ2n) is 5.09. The summed E-state index contributed by atoms with van der Waals surface area (Å²) < 4.78 is 6.23. The van der Waals surface area contributed by atoms with Gasteiger partial charge < -0.3 is 15.8 Å². The van der Waals surface area contributed by atoms with Crippen LogP contribution in [-0.2, 0) is 17.8 Å². The molecule has 0 aliphatic rings. The van der Waals surface area contributed by atoms with Crippen molar-refractivity contribution in [3.63, 3.8) is 0 Å². The lowest BCUT2D eigenvalue weighted by Gasteiger charge is -2.07. The molecule has 3 N–H and O–H groups in total. The standard InChI is InChI=1S/C17H17N3O2S/c18-16-20-14-7-6-12(10-15(14)23-16)8-9-19-17(21)22-11-13-4-2-1-3-5-13/h1-7,10H,8-9,11H2,(H2,18,20)(H,19,21). The molecule has 0 saturated heterocycles. The first-order chi connectivity index (χ1) is 11.2. The molecule has 0 atom stereocenters. The number of hydrogen-bond donors (Lipinski definition) is 2. The Morgan fingerprint density at radius 2 is 2.00 bits per heavy atom. The summed E-state index contributed by atoms with van der Waals surface area (Å²) in [6, 6.07) is 15.6. The normalized spacial score (nSPS) is 10.6. The van der Waals surface area contributed by atoms with Crippen molar-refractivity contribution in [2.75, 3.05) is 12.3 Å². The molecule has 0 radical (unpaired) electrons. The minimum absolute atomic E-state index is 0.277. The zero-order valence-electron chi connectivity index (χ0n) is 12.5. The molecule has 0 aliphatic carbocycles. The van der Waals surface area contributed by atoms with E-state index in [0.29, 0.717) is 11.7 Å². The molecule has 0 unspecified atom stereocenters. The molecule has 0 aliphatic heterocycles. The topological polar surface area (TPSA) is 77.2 Å². The van der Waals surface area contributed by atoms with Gasteiger partial charge in [0.15, 0.2) is 5.13 Å². The molecular weight excluding hydrogens is 310 g/mol. The Kier molecular flexibility index (Phi) is 4.73. The monoisotopic (exact) mass is 327 g/mol. The number of anilines is 1. The van der Waals surface area contributed by atoms with E-state index in [1.165, 1.54) is 11.3 Å². The molecule has 23 heavy (non-hydrogen) atoms. The van der Waals surface area contributed by atoms with Gasteiger partial charge in [0.05, 0.1) is 10.2 Å². The highest BCUT2D eigenvalue weighted by atomic mass is 32.1. The molecule has 2 aromatic carbocycles. The predicted octanol–water partition coefficient (Wildman–Crippen LogP) is 3.35. The third kappa shape index (κ3) is 4.20. The van der Waals surface area contributed by atoms with Crippen molar-refractivity contribution in [2.24, 2.45) is 0 Å². The van der Waals surface area contributed by atoms with Gasteiger partial charge in [-0.2, -0.15) is 0 Å². The van der Waals surface area contributed by atoms with Crippen molar-refractivity contribution >= 4 is 32.8 Å². The molecule has 0 spiro atoms. The number of alkyl carbamates (subject to hydrolysis) is 1. The first-order valence-corrected chi connectivity index (χ1v) is 8.12. The van der Waals surface area contributed by atoms with Crippen LogP contribution in [0.25, 0.3) is 10.2 Å². The number of aromatic nitrogens is 1. The number of fused-ring (bicyclic) bond motifs is 1. The maximum atomic E-state index is 11.7. The van der Waals surface area contributed by atoms with Crippen LogP contribution >= 0.6 is 11.3 Å². The minimum atomic E-state index is -0.406. The van der Waals surface area contributed by atoms with Gasteiger partial charge in [0, 0.05) is 6.54 Å². The summed E-state index contributed by atoms with van der Waals surface area (Å²) in [7, 11) is 0. The minimum Gasteiger partial charge on any atom is -0.445 e. The van der Waals surface area contributed by atoms with Crippen LogP contribution in [0.15, 0.2) is 48.5 Å². The van der Waals surface area contributed by atoms with E-state index in [0.717, 1.165) is 27.8 Å². The van der Waals surface area contributed by atoms with E-state index < -0.39 is 6.09 Å². The number of ether oxygens (including phenoxy) is 1. The summed E-state index contributed by atoms with van der Waals surface area (Å²) in [6.07, 6.45) is 0.325. The molecule has 3 rings (SSSR count). The largest absolute Gasteiger partial charge is 0.445 e. The van der Waals surface area contributed by atoms with Crippen LogP contribution in [0.4, 0.5) is 9.93 Å².